The SMILES string of the molecule is C[C@@H](O)[C@H]1C(=O)N2C(C(=O)O)=C(S[C@@H]3CN[C@H](C(=O)N4CC[N+](C)(CCOC(N)=O)CC4)C3)[C@H](C)[C@H]12. The van der Waals surface area contributed by atoms with Gasteiger partial charge in [-0.25, -0.2) is 9.59 Å². The van der Waals surface area contributed by atoms with Gasteiger partial charge in [-0.15, -0.1) is 11.8 Å². The topological polar surface area (TPSA) is 162 Å². The summed E-state index contributed by atoms with van der Waals surface area (Å²) >= 11 is 1.44. The number of quaternary nitrogens is 1. The maximum atomic E-state index is 13.2. The van der Waals surface area contributed by atoms with Gasteiger partial charge in [-0.3, -0.25) is 9.59 Å². The smallest absolute Gasteiger partial charge is 0.404 e. The molecule has 36 heavy (non-hydrogen) atoms. The fourth-order valence-corrected chi connectivity index (χ4v) is 7.30. The fourth-order valence-electron chi connectivity index (χ4n) is 5.82. The van der Waals surface area contributed by atoms with E-state index in [1.807, 2.05) is 11.8 Å². The van der Waals surface area contributed by atoms with E-state index in [0.717, 1.165) is 13.1 Å². The summed E-state index contributed by atoms with van der Waals surface area (Å²) in [6.45, 7) is 7.63. The number of carbonyl (C=O) groups is 4. The molecule has 0 radical (unpaired) electrons. The Hall–Kier alpha value is -2.35. The molecule has 0 aromatic heterocycles. The Balaban J connectivity index is 1.33. The first-order valence-corrected chi connectivity index (χ1v) is 13.2. The van der Waals surface area contributed by atoms with E-state index >= 15 is 0 Å². The molecule has 12 nitrogen and oxygen atoms in total. The number of carboxylic acids is 1. The average molecular weight is 527 g/mol. The van der Waals surface area contributed by atoms with Crippen LogP contribution >= 0.6 is 11.8 Å². The van der Waals surface area contributed by atoms with Crippen molar-refractivity contribution >= 4 is 35.6 Å². The highest BCUT2D eigenvalue weighted by atomic mass is 32.2. The molecule has 0 aromatic carbocycles. The summed E-state index contributed by atoms with van der Waals surface area (Å²) in [5, 5.41) is 23.2. The molecule has 3 fully saturated rings. The molecule has 3 saturated heterocycles. The number of aliphatic hydroxyl groups excluding tert-OH is 1. The molecule has 200 valence electrons. The molecule has 13 heteroatoms. The van der Waals surface area contributed by atoms with Crippen molar-refractivity contribution in [1.82, 2.24) is 15.1 Å². The lowest BCUT2D eigenvalue weighted by Crippen LogP contribution is -2.63. The number of fused-ring (bicyclic) bond motifs is 1. The number of hydrogen-bond donors (Lipinski definition) is 4. The number of nitrogens with two attached hydrogens (primary N) is 1. The normalized spacial score (nSPS) is 32.2. The van der Waals surface area contributed by atoms with Crippen LogP contribution in [0.25, 0.3) is 0 Å². The first-order valence-electron chi connectivity index (χ1n) is 12.4. The number of piperazine rings is 1. The lowest BCUT2D eigenvalue weighted by molar-refractivity contribution is -0.913. The van der Waals surface area contributed by atoms with Crippen LogP contribution in [0.2, 0.25) is 0 Å². The van der Waals surface area contributed by atoms with Crippen molar-refractivity contribution in [2.45, 2.75) is 43.7 Å². The van der Waals surface area contributed by atoms with E-state index in [-0.39, 0.29) is 47.4 Å². The number of β-lactam (4-membered cyclic amide) rings is 1. The molecule has 0 aromatic rings. The van der Waals surface area contributed by atoms with Crippen LogP contribution in [0.3, 0.4) is 0 Å². The Labute approximate surface area is 214 Å². The number of hydrogen-bond acceptors (Lipinski definition) is 8. The highest BCUT2D eigenvalue weighted by molar-refractivity contribution is 8.03. The summed E-state index contributed by atoms with van der Waals surface area (Å²) in [6, 6.07) is -0.681. The quantitative estimate of drug-likeness (QED) is 0.229. The third kappa shape index (κ3) is 4.93. The Bertz CT molecular complexity index is 964. The molecule has 0 saturated carbocycles. The summed E-state index contributed by atoms with van der Waals surface area (Å²) in [7, 11) is 2.07. The zero-order valence-electron chi connectivity index (χ0n) is 20.9. The summed E-state index contributed by atoms with van der Waals surface area (Å²) in [5.41, 5.74) is 5.04. The van der Waals surface area contributed by atoms with E-state index < -0.39 is 24.1 Å². The number of nitrogens with zero attached hydrogens (tertiary/aromatic N) is 3. The highest BCUT2D eigenvalue weighted by Gasteiger charge is 2.60. The Morgan fingerprint density at radius 1 is 1.31 bits per heavy atom. The van der Waals surface area contributed by atoms with Gasteiger partial charge in [-0.05, 0) is 13.3 Å². The van der Waals surface area contributed by atoms with E-state index in [1.165, 1.54) is 16.7 Å². The largest absolute Gasteiger partial charge is 0.477 e. The third-order valence-corrected chi connectivity index (χ3v) is 9.51. The predicted octanol–water partition coefficient (Wildman–Crippen LogP) is -1.01. The third-order valence-electron chi connectivity index (χ3n) is 8.00. The number of carbonyl (C=O) groups excluding carboxylic acids is 3. The number of primary amides is 1. The van der Waals surface area contributed by atoms with Crippen LogP contribution in [0.1, 0.15) is 20.3 Å². The van der Waals surface area contributed by atoms with Gasteiger partial charge in [-0.2, -0.15) is 0 Å². The predicted molar refractivity (Wildman–Crippen MR) is 130 cm³/mol. The van der Waals surface area contributed by atoms with Crippen molar-refractivity contribution in [2.75, 3.05) is 52.9 Å². The summed E-state index contributed by atoms with van der Waals surface area (Å²) in [6.07, 6.45) is -1.05. The Morgan fingerprint density at radius 3 is 2.56 bits per heavy atom. The van der Waals surface area contributed by atoms with Crippen LogP contribution in [0.15, 0.2) is 10.6 Å². The standard InChI is InChI=1S/C23H35N5O7S/c1-12-17-16(13(2)29)21(31)27(17)18(22(32)33)19(12)36-14-10-15(25-11-14)20(30)26-4-6-28(3,7-5-26)8-9-35-23(24)34/h12-17,25,29H,4-11H2,1-3H3,(H2-,24,32,33,34)/p+1/t12-,13-,14+,15+,16-,17-/m1/s1. The second-order valence-corrected chi connectivity index (χ2v) is 11.8. The monoisotopic (exact) mass is 526 g/mol. The van der Waals surface area contributed by atoms with Crippen LogP contribution in [0.5, 0.6) is 0 Å². The molecular weight excluding hydrogens is 490 g/mol. The minimum Gasteiger partial charge on any atom is -0.477 e. The number of aliphatic hydroxyl groups is 1. The second-order valence-electron chi connectivity index (χ2n) is 10.5. The lowest BCUT2D eigenvalue weighted by atomic mass is 9.79. The van der Waals surface area contributed by atoms with Gasteiger partial charge in [0.2, 0.25) is 11.8 Å². The van der Waals surface area contributed by atoms with E-state index in [2.05, 4.69) is 12.4 Å². The molecule has 5 N–H and O–H groups in total. The Kier molecular flexibility index (Phi) is 7.56. The lowest BCUT2D eigenvalue weighted by Gasteiger charge is -2.46. The van der Waals surface area contributed by atoms with Crippen molar-refractivity contribution in [2.24, 2.45) is 17.6 Å². The molecule has 0 bridgehead atoms. The first-order chi connectivity index (χ1) is 16.9. The van der Waals surface area contributed by atoms with E-state index in [1.54, 1.807) is 6.92 Å². The zero-order chi connectivity index (χ0) is 26.4. The number of thioether (sulfide) groups is 1. The van der Waals surface area contributed by atoms with Crippen LogP contribution in [-0.2, 0) is 19.1 Å². The van der Waals surface area contributed by atoms with Gasteiger partial charge in [0.15, 0.2) is 0 Å². The van der Waals surface area contributed by atoms with Gasteiger partial charge in [0, 0.05) is 22.6 Å². The molecular formula is C23H36N5O7S+. The van der Waals surface area contributed by atoms with E-state index in [9.17, 15) is 29.4 Å². The minimum atomic E-state index is -1.14. The molecule has 3 amide bonds. The molecule has 4 heterocycles. The van der Waals surface area contributed by atoms with Gasteiger partial charge >= 0.3 is 12.1 Å². The van der Waals surface area contributed by atoms with Crippen LogP contribution in [-0.4, -0.2) is 125 Å². The van der Waals surface area contributed by atoms with Crippen LogP contribution in [0, 0.1) is 11.8 Å². The van der Waals surface area contributed by atoms with Crippen LogP contribution in [0.4, 0.5) is 4.79 Å². The van der Waals surface area contributed by atoms with Gasteiger partial charge in [-0.1, -0.05) is 6.92 Å². The number of nitrogens with one attached hydrogen (secondary N) is 1. The maximum absolute atomic E-state index is 13.2. The number of likely N-dealkylation sites (N-methyl/N-ethyl adjacent to an activating group) is 1. The summed E-state index contributed by atoms with van der Waals surface area (Å²) in [4.78, 5) is 52.4. The summed E-state index contributed by atoms with van der Waals surface area (Å²) < 4.78 is 5.55. The van der Waals surface area contributed by atoms with Crippen LogP contribution < -0.4 is 11.1 Å². The first kappa shape index (κ1) is 26.7. The molecule has 0 spiro atoms. The van der Waals surface area contributed by atoms with E-state index in [4.69, 9.17) is 10.5 Å². The number of amides is 3. The van der Waals surface area contributed by atoms with Crippen molar-refractivity contribution in [3.63, 3.8) is 0 Å². The van der Waals surface area contributed by atoms with Gasteiger partial charge in [0.1, 0.15) is 18.8 Å². The van der Waals surface area contributed by atoms with Crippen molar-refractivity contribution in [3.8, 4) is 0 Å². The zero-order valence-corrected chi connectivity index (χ0v) is 21.7. The molecule has 4 aliphatic rings. The van der Waals surface area contributed by atoms with Crippen molar-refractivity contribution in [3.05, 3.63) is 10.6 Å². The molecule has 0 aliphatic carbocycles. The number of aliphatic carboxylic acids is 1. The minimum absolute atomic E-state index is 0.00124. The van der Waals surface area contributed by atoms with E-state index in [0.29, 0.717) is 42.0 Å². The molecule has 6 atom stereocenters. The van der Waals surface area contributed by atoms with Crippen molar-refractivity contribution in [1.29, 1.82) is 0 Å². The highest BCUT2D eigenvalue weighted by Crippen LogP contribution is 2.51. The fraction of sp³-hybridized carbons (Fsp3) is 0.739. The molecule has 4 aliphatic heterocycles. The van der Waals surface area contributed by atoms with Gasteiger partial charge < -0.3 is 40.3 Å². The van der Waals surface area contributed by atoms with Gasteiger partial charge in [0.05, 0.1) is 57.3 Å². The second kappa shape index (κ2) is 10.2. The van der Waals surface area contributed by atoms with Gasteiger partial charge in [0.25, 0.3) is 0 Å². The molecule has 4 rings (SSSR count). The Morgan fingerprint density at radius 2 is 1.97 bits per heavy atom. The average Bonchev–Trinajstić information content (AvgIpc) is 3.35. The van der Waals surface area contributed by atoms with Crippen molar-refractivity contribution < 1.29 is 38.6 Å². The number of rotatable bonds is 8. The molecule has 0 unspecified atom stereocenters. The number of ether oxygens (including phenoxy) is 1. The summed E-state index contributed by atoms with van der Waals surface area (Å²) in [5.74, 6) is -2.22. The maximum Gasteiger partial charge on any atom is 0.404 e. The number of carboxylic acid groups (broad SMARTS) is 1.